The number of hydrogen-bond donors (Lipinski definition) is 2. The minimum Gasteiger partial charge on any atom is -0.353 e. The summed E-state index contributed by atoms with van der Waals surface area (Å²) < 4.78 is 13.4. The lowest BCUT2D eigenvalue weighted by Crippen LogP contribution is -2.49. The molecule has 0 bridgehead atoms. The molecular formula is C15H17FN6O. The molecule has 2 aromatic rings. The van der Waals surface area contributed by atoms with Crippen LogP contribution in [0, 0.1) is 5.95 Å². The maximum Gasteiger partial charge on any atom is 0.319 e. The van der Waals surface area contributed by atoms with Gasteiger partial charge in [0.1, 0.15) is 5.82 Å². The van der Waals surface area contributed by atoms with Crippen molar-refractivity contribution in [3.63, 3.8) is 0 Å². The number of pyridine rings is 1. The normalized spacial score (nSPS) is 17.6. The van der Waals surface area contributed by atoms with Crippen LogP contribution in [0.3, 0.4) is 0 Å². The summed E-state index contributed by atoms with van der Waals surface area (Å²) in [5.74, 6) is 0.0881. The smallest absolute Gasteiger partial charge is 0.319 e. The van der Waals surface area contributed by atoms with Crippen LogP contribution in [-0.2, 0) is 0 Å². The Morgan fingerprint density at radius 1 is 1.30 bits per heavy atom. The second-order valence-electron chi connectivity index (χ2n) is 5.29. The third-order valence-corrected chi connectivity index (χ3v) is 3.64. The van der Waals surface area contributed by atoms with E-state index in [1.165, 1.54) is 12.3 Å². The van der Waals surface area contributed by atoms with Crippen molar-refractivity contribution in [3.8, 4) is 0 Å². The van der Waals surface area contributed by atoms with Gasteiger partial charge in [-0.2, -0.15) is 4.39 Å². The number of amides is 2. The molecule has 0 spiro atoms. The van der Waals surface area contributed by atoms with Crippen molar-refractivity contribution in [1.82, 2.24) is 20.3 Å². The highest BCUT2D eigenvalue weighted by molar-refractivity contribution is 5.89. The van der Waals surface area contributed by atoms with Crippen LogP contribution in [0.5, 0.6) is 0 Å². The van der Waals surface area contributed by atoms with Crippen LogP contribution in [0.15, 0.2) is 36.9 Å². The average Bonchev–Trinajstić information content (AvgIpc) is 2.58. The fraction of sp³-hybridized carbons (Fsp3) is 0.333. The quantitative estimate of drug-likeness (QED) is 0.844. The maximum atomic E-state index is 13.4. The van der Waals surface area contributed by atoms with E-state index in [2.05, 4.69) is 30.5 Å². The Bertz CT molecular complexity index is 668. The molecule has 2 aromatic heterocycles. The van der Waals surface area contributed by atoms with Gasteiger partial charge in [0.2, 0.25) is 5.95 Å². The summed E-state index contributed by atoms with van der Waals surface area (Å²) in [5.41, 5.74) is 0.0617. The zero-order chi connectivity index (χ0) is 16.1. The summed E-state index contributed by atoms with van der Waals surface area (Å²) in [6.07, 6.45) is 8.09. The van der Waals surface area contributed by atoms with E-state index in [0.29, 0.717) is 6.54 Å². The number of carbonyl (C=O) groups excluding carboxylic acids is 1. The molecule has 0 aliphatic carbocycles. The number of nitrogens with zero attached hydrogens (tertiary/aromatic N) is 4. The SMILES string of the molecule is O=C(Nc1cccnc1F)N[C@H]1CCCN(c2cnccn2)C1. The van der Waals surface area contributed by atoms with Crippen LogP contribution in [-0.4, -0.2) is 40.1 Å². The summed E-state index contributed by atoms with van der Waals surface area (Å²) >= 11 is 0. The summed E-state index contributed by atoms with van der Waals surface area (Å²) in [4.78, 5) is 25.9. The number of hydrogen-bond acceptors (Lipinski definition) is 5. The van der Waals surface area contributed by atoms with Gasteiger partial charge in [0.05, 0.1) is 11.9 Å². The first-order valence-electron chi connectivity index (χ1n) is 7.41. The predicted molar refractivity (Wildman–Crippen MR) is 83.6 cm³/mol. The van der Waals surface area contributed by atoms with Crippen LogP contribution in [0.2, 0.25) is 0 Å². The van der Waals surface area contributed by atoms with E-state index in [1.807, 2.05) is 0 Å². The monoisotopic (exact) mass is 316 g/mol. The van der Waals surface area contributed by atoms with Gasteiger partial charge in [-0.05, 0) is 25.0 Å². The van der Waals surface area contributed by atoms with Gasteiger partial charge < -0.3 is 15.5 Å². The number of rotatable bonds is 3. The highest BCUT2D eigenvalue weighted by Gasteiger charge is 2.22. The van der Waals surface area contributed by atoms with E-state index in [-0.39, 0.29) is 11.7 Å². The highest BCUT2D eigenvalue weighted by Crippen LogP contribution is 2.17. The van der Waals surface area contributed by atoms with Gasteiger partial charge in [0.25, 0.3) is 0 Å². The molecule has 1 aliphatic heterocycles. The topological polar surface area (TPSA) is 83.0 Å². The minimum atomic E-state index is -0.701. The molecule has 8 heteroatoms. The number of halogens is 1. The molecule has 0 aromatic carbocycles. The highest BCUT2D eigenvalue weighted by atomic mass is 19.1. The maximum absolute atomic E-state index is 13.4. The zero-order valence-electron chi connectivity index (χ0n) is 12.4. The Labute approximate surface area is 133 Å². The summed E-state index contributed by atoms with van der Waals surface area (Å²) in [5, 5.41) is 5.34. The lowest BCUT2D eigenvalue weighted by atomic mass is 10.1. The van der Waals surface area contributed by atoms with Gasteiger partial charge in [-0.25, -0.2) is 14.8 Å². The van der Waals surface area contributed by atoms with Crippen molar-refractivity contribution < 1.29 is 9.18 Å². The van der Waals surface area contributed by atoms with Crippen molar-refractivity contribution >= 4 is 17.5 Å². The summed E-state index contributed by atoms with van der Waals surface area (Å²) in [7, 11) is 0. The molecule has 1 fully saturated rings. The van der Waals surface area contributed by atoms with Crippen molar-refractivity contribution in [3.05, 3.63) is 42.9 Å². The van der Waals surface area contributed by atoms with Crippen molar-refractivity contribution in [2.24, 2.45) is 0 Å². The number of anilines is 2. The van der Waals surface area contributed by atoms with Gasteiger partial charge in [0, 0.05) is 37.7 Å². The van der Waals surface area contributed by atoms with E-state index in [9.17, 15) is 9.18 Å². The molecule has 0 saturated carbocycles. The third kappa shape index (κ3) is 3.91. The number of carbonyl (C=O) groups is 1. The molecule has 120 valence electrons. The Balaban J connectivity index is 1.57. The van der Waals surface area contributed by atoms with Gasteiger partial charge in [-0.3, -0.25) is 4.98 Å². The van der Waals surface area contributed by atoms with E-state index in [0.717, 1.165) is 25.2 Å². The van der Waals surface area contributed by atoms with Crippen molar-refractivity contribution in [2.75, 3.05) is 23.3 Å². The van der Waals surface area contributed by atoms with Crippen molar-refractivity contribution in [2.45, 2.75) is 18.9 Å². The molecular weight excluding hydrogens is 299 g/mol. The molecule has 0 radical (unpaired) electrons. The lowest BCUT2D eigenvalue weighted by Gasteiger charge is -2.33. The number of piperidine rings is 1. The first kappa shape index (κ1) is 15.1. The Morgan fingerprint density at radius 2 is 2.22 bits per heavy atom. The van der Waals surface area contributed by atoms with Crippen LogP contribution in [0.4, 0.5) is 20.7 Å². The van der Waals surface area contributed by atoms with E-state index < -0.39 is 12.0 Å². The van der Waals surface area contributed by atoms with Gasteiger partial charge >= 0.3 is 6.03 Å². The molecule has 7 nitrogen and oxygen atoms in total. The van der Waals surface area contributed by atoms with Gasteiger partial charge in [-0.1, -0.05) is 0 Å². The summed E-state index contributed by atoms with van der Waals surface area (Å²) in [6.45, 7) is 1.51. The fourth-order valence-electron chi connectivity index (χ4n) is 2.58. The summed E-state index contributed by atoms with van der Waals surface area (Å²) in [6, 6.07) is 2.55. The molecule has 1 aliphatic rings. The standard InChI is InChI=1S/C15H17FN6O/c16-14-12(4-1-5-19-14)21-15(23)20-11-3-2-8-22(10-11)13-9-17-6-7-18-13/h1,4-7,9,11H,2-3,8,10H2,(H2,20,21,23)/t11-/m0/s1. The number of aromatic nitrogens is 3. The van der Waals surface area contributed by atoms with E-state index >= 15 is 0 Å². The van der Waals surface area contributed by atoms with Crippen LogP contribution >= 0.6 is 0 Å². The van der Waals surface area contributed by atoms with Gasteiger partial charge in [0.15, 0.2) is 0 Å². The van der Waals surface area contributed by atoms with Crippen LogP contribution < -0.4 is 15.5 Å². The third-order valence-electron chi connectivity index (χ3n) is 3.64. The first-order valence-corrected chi connectivity index (χ1v) is 7.41. The number of urea groups is 1. The van der Waals surface area contributed by atoms with Crippen LogP contribution in [0.25, 0.3) is 0 Å². The molecule has 1 atom stereocenters. The molecule has 2 amide bonds. The Morgan fingerprint density at radius 3 is 3.00 bits per heavy atom. The first-order chi connectivity index (χ1) is 11.2. The lowest BCUT2D eigenvalue weighted by molar-refractivity contribution is 0.246. The van der Waals surface area contributed by atoms with Crippen LogP contribution in [0.1, 0.15) is 12.8 Å². The minimum absolute atomic E-state index is 0.0366. The molecule has 0 unspecified atom stereocenters. The Kier molecular flexibility index (Phi) is 4.60. The van der Waals surface area contributed by atoms with E-state index in [1.54, 1.807) is 24.7 Å². The van der Waals surface area contributed by atoms with Crippen molar-refractivity contribution in [1.29, 1.82) is 0 Å². The molecule has 2 N–H and O–H groups in total. The van der Waals surface area contributed by atoms with E-state index in [4.69, 9.17) is 0 Å². The van der Waals surface area contributed by atoms with Gasteiger partial charge in [-0.15, -0.1) is 0 Å². The largest absolute Gasteiger partial charge is 0.353 e. The zero-order valence-corrected chi connectivity index (χ0v) is 12.4. The second-order valence-corrected chi connectivity index (χ2v) is 5.29. The predicted octanol–water partition coefficient (Wildman–Crippen LogP) is 1.80. The molecule has 1 saturated heterocycles. The fourth-order valence-corrected chi connectivity index (χ4v) is 2.58. The Hall–Kier alpha value is -2.77. The average molecular weight is 316 g/mol. The molecule has 23 heavy (non-hydrogen) atoms. The second kappa shape index (κ2) is 6.99. The molecule has 3 rings (SSSR count). The molecule has 3 heterocycles. The number of nitrogens with one attached hydrogen (secondary N) is 2.